The van der Waals surface area contributed by atoms with Gasteiger partial charge in [0, 0.05) is 11.0 Å². The number of aliphatic hydroxyl groups is 3. The second-order valence-electron chi connectivity index (χ2n) is 5.03. The molecule has 3 N–H and O–H groups in total. The van der Waals surface area contributed by atoms with Crippen molar-refractivity contribution in [2.24, 2.45) is 5.41 Å². The largest absolute Gasteiger partial charge is 0.463 e. The molecule has 0 aliphatic carbocycles. The van der Waals surface area contributed by atoms with Crippen LogP contribution in [0.5, 0.6) is 0 Å². The summed E-state index contributed by atoms with van der Waals surface area (Å²) < 4.78 is 4.98. The summed E-state index contributed by atoms with van der Waals surface area (Å²) in [6.07, 6.45) is 1.57. The first-order chi connectivity index (χ1) is 8.96. The van der Waals surface area contributed by atoms with Crippen molar-refractivity contribution in [3.05, 3.63) is 11.1 Å². The molecule has 0 saturated carbocycles. The highest BCUT2D eigenvalue weighted by molar-refractivity contribution is 5.89. The van der Waals surface area contributed by atoms with E-state index in [0.29, 0.717) is 31.4 Å². The molecule has 0 aliphatic rings. The van der Waals surface area contributed by atoms with Gasteiger partial charge in [-0.05, 0) is 40.0 Å². The van der Waals surface area contributed by atoms with Crippen molar-refractivity contribution in [1.29, 1.82) is 0 Å². The number of allylic oxidation sites excluding steroid dienone is 1. The lowest BCUT2D eigenvalue weighted by Crippen LogP contribution is -2.33. The summed E-state index contributed by atoms with van der Waals surface area (Å²) in [5.74, 6) is -0.315. The summed E-state index contributed by atoms with van der Waals surface area (Å²) in [6, 6.07) is 0. The smallest absolute Gasteiger partial charge is 0.333 e. The molecule has 0 fully saturated rings. The van der Waals surface area contributed by atoms with E-state index < -0.39 is 5.41 Å². The minimum absolute atomic E-state index is 0.274. The Morgan fingerprint density at radius 2 is 1.63 bits per heavy atom. The molecule has 0 rings (SSSR count). The lowest BCUT2D eigenvalue weighted by molar-refractivity contribution is -0.138. The van der Waals surface area contributed by atoms with Crippen LogP contribution >= 0.6 is 0 Å². The molecule has 0 heterocycles. The Hall–Kier alpha value is -0.910. The highest BCUT2D eigenvalue weighted by Gasteiger charge is 2.27. The maximum atomic E-state index is 11.7. The monoisotopic (exact) mass is 274 g/mol. The third kappa shape index (κ3) is 5.72. The highest BCUT2D eigenvalue weighted by Crippen LogP contribution is 2.25. The van der Waals surface area contributed by atoms with Crippen LogP contribution in [0.15, 0.2) is 11.1 Å². The number of ether oxygens (including phenoxy) is 1. The number of hydrogen-bond acceptors (Lipinski definition) is 5. The first-order valence-electron chi connectivity index (χ1n) is 6.62. The van der Waals surface area contributed by atoms with Crippen LogP contribution in [0.25, 0.3) is 0 Å². The van der Waals surface area contributed by atoms with Gasteiger partial charge in [-0.3, -0.25) is 0 Å². The van der Waals surface area contributed by atoms with Gasteiger partial charge in [0.25, 0.3) is 0 Å². The van der Waals surface area contributed by atoms with Crippen molar-refractivity contribution >= 4 is 5.97 Å². The van der Waals surface area contributed by atoms with Crippen LogP contribution in [0.2, 0.25) is 0 Å². The van der Waals surface area contributed by atoms with Crippen LogP contribution in [0.4, 0.5) is 0 Å². The van der Waals surface area contributed by atoms with E-state index in [4.69, 9.17) is 4.74 Å². The van der Waals surface area contributed by atoms with Crippen molar-refractivity contribution in [3.8, 4) is 0 Å². The van der Waals surface area contributed by atoms with E-state index in [1.807, 2.05) is 13.8 Å². The molecule has 0 aromatic rings. The zero-order valence-corrected chi connectivity index (χ0v) is 12.1. The molecule has 0 atom stereocenters. The topological polar surface area (TPSA) is 87.0 Å². The van der Waals surface area contributed by atoms with E-state index in [0.717, 1.165) is 5.57 Å². The van der Waals surface area contributed by atoms with Crippen molar-refractivity contribution in [2.75, 3.05) is 26.4 Å². The zero-order valence-electron chi connectivity index (χ0n) is 12.1. The molecule has 0 unspecified atom stereocenters. The molecule has 0 radical (unpaired) electrons. The molecule has 0 bridgehead atoms. The van der Waals surface area contributed by atoms with Crippen LogP contribution in [0.3, 0.4) is 0 Å². The Balaban J connectivity index is 4.52. The molecule has 0 amide bonds. The fourth-order valence-electron chi connectivity index (χ4n) is 1.80. The third-order valence-electron chi connectivity index (χ3n) is 3.27. The third-order valence-corrected chi connectivity index (χ3v) is 3.27. The average Bonchev–Trinajstić information content (AvgIpc) is 2.39. The summed E-state index contributed by atoms with van der Waals surface area (Å²) in [7, 11) is 0. The summed E-state index contributed by atoms with van der Waals surface area (Å²) >= 11 is 0. The van der Waals surface area contributed by atoms with Gasteiger partial charge in [0.1, 0.15) is 0 Å². The maximum absolute atomic E-state index is 11.7. The first-order valence-corrected chi connectivity index (χ1v) is 6.62. The Morgan fingerprint density at radius 1 is 1.11 bits per heavy atom. The fraction of sp³-hybridized carbons (Fsp3) is 0.786. The molecule has 5 nitrogen and oxygen atoms in total. The molecule has 19 heavy (non-hydrogen) atoms. The summed E-state index contributed by atoms with van der Waals surface area (Å²) in [5.41, 5.74) is 0.659. The zero-order chi connectivity index (χ0) is 14.9. The van der Waals surface area contributed by atoms with Crippen molar-refractivity contribution in [1.82, 2.24) is 0 Å². The predicted molar refractivity (Wildman–Crippen MR) is 72.5 cm³/mol. The van der Waals surface area contributed by atoms with E-state index >= 15 is 0 Å². The summed E-state index contributed by atoms with van der Waals surface area (Å²) in [6.45, 7) is 4.97. The maximum Gasteiger partial charge on any atom is 0.333 e. The molecular formula is C14H26O5. The number of carbonyl (C=O) groups is 1. The molecule has 0 aliphatic heterocycles. The van der Waals surface area contributed by atoms with Crippen LogP contribution in [-0.4, -0.2) is 47.7 Å². The van der Waals surface area contributed by atoms with E-state index in [9.17, 15) is 20.1 Å². The number of rotatable bonds is 9. The quantitative estimate of drug-likeness (QED) is 0.431. The van der Waals surface area contributed by atoms with Crippen LogP contribution in [-0.2, 0) is 9.53 Å². The van der Waals surface area contributed by atoms with Gasteiger partial charge >= 0.3 is 5.97 Å². The Bertz CT molecular complexity index is 293. The Morgan fingerprint density at radius 3 is 2.00 bits per heavy atom. The molecule has 0 aromatic carbocycles. The fourth-order valence-corrected chi connectivity index (χ4v) is 1.80. The second kappa shape index (κ2) is 9.07. The first kappa shape index (κ1) is 18.1. The van der Waals surface area contributed by atoms with Crippen molar-refractivity contribution < 1.29 is 24.9 Å². The predicted octanol–water partition coefficient (Wildman–Crippen LogP) is 1.02. The van der Waals surface area contributed by atoms with Gasteiger partial charge in [0.2, 0.25) is 0 Å². The van der Waals surface area contributed by atoms with E-state index in [2.05, 4.69) is 0 Å². The SMILES string of the molecule is CCOC(=O)C(CCCC(CO)(CO)CO)=C(C)C. The van der Waals surface area contributed by atoms with Gasteiger partial charge in [-0.25, -0.2) is 4.79 Å². The minimum Gasteiger partial charge on any atom is -0.463 e. The second-order valence-corrected chi connectivity index (χ2v) is 5.03. The lowest BCUT2D eigenvalue weighted by atomic mass is 9.84. The standard InChI is InChI=1S/C14H26O5/c1-4-19-13(18)12(11(2)3)6-5-7-14(8-15,9-16)10-17/h15-17H,4-10H2,1-3H3. The van der Waals surface area contributed by atoms with Gasteiger partial charge in [0.15, 0.2) is 0 Å². The van der Waals surface area contributed by atoms with Crippen LogP contribution in [0, 0.1) is 5.41 Å². The van der Waals surface area contributed by atoms with Gasteiger partial charge in [-0.15, -0.1) is 0 Å². The number of hydrogen-bond donors (Lipinski definition) is 3. The number of carbonyl (C=O) groups excluding carboxylic acids is 1. The van der Waals surface area contributed by atoms with Crippen LogP contribution in [0.1, 0.15) is 40.0 Å². The van der Waals surface area contributed by atoms with Crippen LogP contribution < -0.4 is 0 Å². The summed E-state index contributed by atoms with van der Waals surface area (Å²) in [5, 5.41) is 27.7. The molecule has 112 valence electrons. The number of aliphatic hydroxyl groups excluding tert-OH is 3. The molecular weight excluding hydrogens is 248 g/mol. The van der Waals surface area contributed by atoms with Crippen molar-refractivity contribution in [2.45, 2.75) is 40.0 Å². The highest BCUT2D eigenvalue weighted by atomic mass is 16.5. The van der Waals surface area contributed by atoms with E-state index in [-0.39, 0.29) is 25.8 Å². The molecule has 0 spiro atoms. The minimum atomic E-state index is -0.874. The van der Waals surface area contributed by atoms with Crippen molar-refractivity contribution in [3.63, 3.8) is 0 Å². The molecule has 5 heteroatoms. The van der Waals surface area contributed by atoms with Gasteiger partial charge in [-0.1, -0.05) is 5.57 Å². The Labute approximate surface area is 114 Å². The molecule has 0 saturated heterocycles. The van der Waals surface area contributed by atoms with Gasteiger partial charge < -0.3 is 20.1 Å². The Kier molecular flexibility index (Phi) is 8.63. The van der Waals surface area contributed by atoms with E-state index in [1.165, 1.54) is 0 Å². The van der Waals surface area contributed by atoms with Gasteiger partial charge in [0.05, 0.1) is 26.4 Å². The summed E-state index contributed by atoms with van der Waals surface area (Å²) in [4.78, 5) is 11.7. The van der Waals surface area contributed by atoms with Gasteiger partial charge in [-0.2, -0.15) is 0 Å². The normalized spacial score (nSPS) is 11.3. The van der Waals surface area contributed by atoms with E-state index in [1.54, 1.807) is 6.92 Å². The number of esters is 1. The lowest BCUT2D eigenvalue weighted by Gasteiger charge is -2.27. The molecule has 0 aromatic heterocycles. The average molecular weight is 274 g/mol.